The van der Waals surface area contributed by atoms with Crippen molar-refractivity contribution >= 4 is 18.3 Å². The maximum atomic E-state index is 11.7. The van der Waals surface area contributed by atoms with E-state index in [1.807, 2.05) is 0 Å². The minimum absolute atomic E-state index is 0.0736. The Bertz CT molecular complexity index is 335. The number of ether oxygens (including phenoxy) is 1. The van der Waals surface area contributed by atoms with Gasteiger partial charge < -0.3 is 19.7 Å². The van der Waals surface area contributed by atoms with Crippen molar-refractivity contribution in [3.63, 3.8) is 0 Å². The van der Waals surface area contributed by atoms with E-state index < -0.39 is 11.7 Å². The minimum atomic E-state index is -0.609. The molecule has 102 valence electrons. The van der Waals surface area contributed by atoms with Gasteiger partial charge in [-0.1, -0.05) is 0 Å². The highest BCUT2D eigenvalue weighted by molar-refractivity contribution is 5.82. The number of amides is 2. The number of nitrogens with one attached hydrogen (secondary N) is 1. The molecule has 1 saturated heterocycles. The van der Waals surface area contributed by atoms with E-state index in [0.717, 1.165) is 6.29 Å². The largest absolute Gasteiger partial charge is 0.444 e. The number of carbonyl (C=O) groups excluding carboxylic acids is 3. The predicted octanol–water partition coefficient (Wildman–Crippen LogP) is 0.558. The Morgan fingerprint density at radius 2 is 2.11 bits per heavy atom. The fourth-order valence-corrected chi connectivity index (χ4v) is 1.70. The predicted molar refractivity (Wildman–Crippen MR) is 65.0 cm³/mol. The molecule has 0 spiro atoms. The smallest absolute Gasteiger partial charge is 0.408 e. The third-order valence-electron chi connectivity index (χ3n) is 2.55. The second kappa shape index (κ2) is 5.84. The van der Waals surface area contributed by atoms with E-state index in [2.05, 4.69) is 5.32 Å². The lowest BCUT2D eigenvalue weighted by atomic mass is 10.1. The summed E-state index contributed by atoms with van der Waals surface area (Å²) in [7, 11) is 0. The third kappa shape index (κ3) is 4.73. The summed E-state index contributed by atoms with van der Waals surface area (Å²) in [5, 5.41) is 2.41. The van der Waals surface area contributed by atoms with Crippen LogP contribution in [-0.2, 0) is 14.3 Å². The average Bonchev–Trinajstić information content (AvgIpc) is 2.72. The normalized spacial score (nSPS) is 19.5. The topological polar surface area (TPSA) is 75.7 Å². The van der Waals surface area contributed by atoms with E-state index in [0.29, 0.717) is 19.5 Å². The zero-order valence-corrected chi connectivity index (χ0v) is 11.1. The van der Waals surface area contributed by atoms with Crippen molar-refractivity contribution in [3.05, 3.63) is 0 Å². The van der Waals surface area contributed by atoms with Gasteiger partial charge in [0.1, 0.15) is 18.4 Å². The molecule has 0 aromatic heterocycles. The Labute approximate surface area is 107 Å². The van der Waals surface area contributed by atoms with Gasteiger partial charge in [-0.05, 0) is 27.2 Å². The van der Waals surface area contributed by atoms with Crippen molar-refractivity contribution in [2.45, 2.75) is 32.8 Å². The van der Waals surface area contributed by atoms with Crippen molar-refractivity contribution in [3.8, 4) is 0 Å². The van der Waals surface area contributed by atoms with Gasteiger partial charge in [0.05, 0.1) is 0 Å². The molecule has 0 bridgehead atoms. The van der Waals surface area contributed by atoms with Gasteiger partial charge in [-0.2, -0.15) is 0 Å². The molecule has 1 atom stereocenters. The van der Waals surface area contributed by atoms with Gasteiger partial charge >= 0.3 is 6.09 Å². The maximum absolute atomic E-state index is 11.7. The number of carbonyl (C=O) groups is 3. The molecule has 6 heteroatoms. The van der Waals surface area contributed by atoms with Crippen LogP contribution in [0.5, 0.6) is 0 Å². The summed E-state index contributed by atoms with van der Waals surface area (Å²) in [6.45, 7) is 6.17. The summed E-state index contributed by atoms with van der Waals surface area (Å²) in [4.78, 5) is 35.2. The summed E-state index contributed by atoms with van der Waals surface area (Å²) in [5.74, 6) is -0.263. The number of likely N-dealkylation sites (tertiary alicyclic amines) is 1. The summed E-state index contributed by atoms with van der Waals surface area (Å²) in [6, 6.07) is 0. The Morgan fingerprint density at radius 3 is 2.61 bits per heavy atom. The number of rotatable bonds is 3. The lowest BCUT2D eigenvalue weighted by molar-refractivity contribution is -0.129. The molecule has 1 heterocycles. The van der Waals surface area contributed by atoms with E-state index in [1.165, 1.54) is 0 Å². The lowest BCUT2D eigenvalue weighted by Gasteiger charge is -2.20. The highest BCUT2D eigenvalue weighted by Crippen LogP contribution is 2.13. The van der Waals surface area contributed by atoms with Crippen molar-refractivity contribution in [1.29, 1.82) is 0 Å². The first-order valence-corrected chi connectivity index (χ1v) is 6.02. The maximum Gasteiger partial charge on any atom is 0.408 e. The van der Waals surface area contributed by atoms with Gasteiger partial charge in [0.2, 0.25) is 5.91 Å². The van der Waals surface area contributed by atoms with Crippen LogP contribution in [0.2, 0.25) is 0 Å². The molecule has 0 aromatic carbocycles. The Balaban J connectivity index is 2.29. The lowest BCUT2D eigenvalue weighted by Crippen LogP contribution is -2.41. The van der Waals surface area contributed by atoms with E-state index in [-0.39, 0.29) is 18.4 Å². The molecule has 0 aromatic rings. The molecule has 0 unspecified atom stereocenters. The van der Waals surface area contributed by atoms with Crippen molar-refractivity contribution in [2.75, 3.05) is 19.6 Å². The Morgan fingerprint density at radius 1 is 1.44 bits per heavy atom. The summed E-state index contributed by atoms with van der Waals surface area (Å²) in [6.07, 6.45) is 0.956. The molecule has 0 aliphatic carbocycles. The van der Waals surface area contributed by atoms with Crippen LogP contribution in [0, 0.1) is 5.92 Å². The number of hydrogen-bond donors (Lipinski definition) is 1. The number of nitrogens with zero attached hydrogens (tertiary/aromatic N) is 1. The number of aldehydes is 1. The summed E-state index contributed by atoms with van der Waals surface area (Å²) >= 11 is 0. The van der Waals surface area contributed by atoms with E-state index >= 15 is 0 Å². The van der Waals surface area contributed by atoms with E-state index in [1.54, 1.807) is 25.7 Å². The highest BCUT2D eigenvalue weighted by Gasteiger charge is 2.26. The zero-order chi connectivity index (χ0) is 13.8. The van der Waals surface area contributed by atoms with Gasteiger partial charge in [-0.25, -0.2) is 4.79 Å². The first-order chi connectivity index (χ1) is 8.31. The highest BCUT2D eigenvalue weighted by atomic mass is 16.6. The van der Waals surface area contributed by atoms with Gasteiger partial charge in [-0.15, -0.1) is 0 Å². The van der Waals surface area contributed by atoms with E-state index in [9.17, 15) is 14.4 Å². The van der Waals surface area contributed by atoms with Crippen molar-refractivity contribution < 1.29 is 19.1 Å². The molecule has 18 heavy (non-hydrogen) atoms. The Kier molecular flexibility index (Phi) is 4.69. The van der Waals surface area contributed by atoms with E-state index in [4.69, 9.17) is 4.74 Å². The monoisotopic (exact) mass is 256 g/mol. The summed E-state index contributed by atoms with van der Waals surface area (Å²) < 4.78 is 5.02. The first-order valence-electron chi connectivity index (χ1n) is 6.02. The van der Waals surface area contributed by atoms with Crippen LogP contribution in [0.15, 0.2) is 0 Å². The zero-order valence-electron chi connectivity index (χ0n) is 11.1. The molecular weight excluding hydrogens is 236 g/mol. The van der Waals surface area contributed by atoms with Crippen LogP contribution in [0.4, 0.5) is 4.79 Å². The third-order valence-corrected chi connectivity index (χ3v) is 2.55. The molecule has 6 nitrogen and oxygen atoms in total. The van der Waals surface area contributed by atoms with Crippen LogP contribution in [0.25, 0.3) is 0 Å². The molecule has 1 N–H and O–H groups in total. The fourth-order valence-electron chi connectivity index (χ4n) is 1.70. The molecule has 0 radical (unpaired) electrons. The van der Waals surface area contributed by atoms with Gasteiger partial charge in [-0.3, -0.25) is 4.79 Å². The van der Waals surface area contributed by atoms with Crippen LogP contribution in [0.1, 0.15) is 27.2 Å². The van der Waals surface area contributed by atoms with Crippen LogP contribution in [-0.4, -0.2) is 48.4 Å². The minimum Gasteiger partial charge on any atom is -0.444 e. The van der Waals surface area contributed by atoms with Gasteiger partial charge in [0.15, 0.2) is 0 Å². The second-order valence-corrected chi connectivity index (χ2v) is 5.38. The quantitative estimate of drug-likeness (QED) is 0.748. The molecule has 0 saturated carbocycles. The van der Waals surface area contributed by atoms with Crippen molar-refractivity contribution in [2.24, 2.45) is 5.92 Å². The molecule has 1 aliphatic rings. The van der Waals surface area contributed by atoms with Crippen LogP contribution < -0.4 is 5.32 Å². The average molecular weight is 256 g/mol. The molecule has 1 rings (SSSR count). The second-order valence-electron chi connectivity index (χ2n) is 5.38. The number of alkyl carbamates (subject to hydrolysis) is 1. The SMILES string of the molecule is CC(C)(C)OC(=O)NCC(=O)N1CC[C@H](C=O)C1. The van der Waals surface area contributed by atoms with Crippen molar-refractivity contribution in [1.82, 2.24) is 10.2 Å². The van der Waals surface area contributed by atoms with Gasteiger partial charge in [0, 0.05) is 19.0 Å². The molecular formula is C12H20N2O4. The molecule has 1 fully saturated rings. The van der Waals surface area contributed by atoms with Gasteiger partial charge in [0.25, 0.3) is 0 Å². The van der Waals surface area contributed by atoms with Crippen LogP contribution in [0.3, 0.4) is 0 Å². The molecule has 2 amide bonds. The Hall–Kier alpha value is -1.59. The van der Waals surface area contributed by atoms with Crippen LogP contribution >= 0.6 is 0 Å². The standard InChI is InChI=1S/C12H20N2O4/c1-12(2,3)18-11(17)13-6-10(16)14-5-4-9(7-14)8-15/h8-9H,4-7H2,1-3H3,(H,13,17)/t9-/m0/s1. The number of hydrogen-bond acceptors (Lipinski definition) is 4. The fraction of sp³-hybridized carbons (Fsp3) is 0.750. The summed E-state index contributed by atoms with van der Waals surface area (Å²) in [5.41, 5.74) is -0.580. The first kappa shape index (κ1) is 14.5. The molecule has 1 aliphatic heterocycles.